The molecule has 0 aliphatic heterocycles. The van der Waals surface area contributed by atoms with Gasteiger partial charge >= 0.3 is 0 Å². The second kappa shape index (κ2) is 9.11. The topological polar surface area (TPSA) is 70.2 Å². The molecule has 1 fully saturated rings. The number of hydrogen-bond acceptors (Lipinski definition) is 3. The maximum Gasteiger partial charge on any atom is 0.258 e. The van der Waals surface area contributed by atoms with Crippen LogP contribution in [0.25, 0.3) is 10.9 Å². The zero-order valence-corrected chi connectivity index (χ0v) is 19.0. The summed E-state index contributed by atoms with van der Waals surface area (Å²) in [6.45, 7) is 4.36. The summed E-state index contributed by atoms with van der Waals surface area (Å²) >= 11 is 0. The van der Waals surface area contributed by atoms with E-state index in [0.717, 1.165) is 41.4 Å². The van der Waals surface area contributed by atoms with Crippen molar-refractivity contribution in [2.45, 2.75) is 57.8 Å². The molecule has 1 atom stereocenters. The van der Waals surface area contributed by atoms with Crippen LogP contribution in [0.1, 0.15) is 79.3 Å². The van der Waals surface area contributed by atoms with E-state index in [9.17, 15) is 14.4 Å². The van der Waals surface area contributed by atoms with Gasteiger partial charge in [-0.25, -0.2) is 0 Å². The fourth-order valence-electron chi connectivity index (χ4n) is 4.57. The van der Waals surface area contributed by atoms with Gasteiger partial charge in [-0.1, -0.05) is 26.0 Å². The molecule has 1 heterocycles. The van der Waals surface area contributed by atoms with Crippen LogP contribution in [0.3, 0.4) is 0 Å². The average Bonchev–Trinajstić information content (AvgIpc) is 2.82. The van der Waals surface area contributed by atoms with Crippen LogP contribution < -0.4 is 10.5 Å². The maximum absolute atomic E-state index is 13.3. The molecular formula is C27H30N2O3. The molecule has 1 saturated carbocycles. The van der Waals surface area contributed by atoms with Gasteiger partial charge in [0.1, 0.15) is 5.78 Å². The third-order valence-corrected chi connectivity index (χ3v) is 6.87. The molecule has 166 valence electrons. The number of carbonyl (C=O) groups excluding carboxylic acids is 2. The Morgan fingerprint density at radius 3 is 2.41 bits per heavy atom. The van der Waals surface area contributed by atoms with Crippen LogP contribution in [-0.4, -0.2) is 23.7 Å². The van der Waals surface area contributed by atoms with Gasteiger partial charge in [0.2, 0.25) is 5.56 Å². The first kappa shape index (κ1) is 22.0. The summed E-state index contributed by atoms with van der Waals surface area (Å²) in [6, 6.07) is 15.2. The number of Topliss-reactive ketones (excluding diaryl/α,β-unsaturated/α-hetero) is 1. The molecule has 0 spiro atoms. The number of nitrogens with one attached hydrogen (secondary N) is 1. The lowest BCUT2D eigenvalue weighted by Gasteiger charge is -2.23. The molecule has 5 heteroatoms. The second-order valence-electron chi connectivity index (χ2n) is 8.93. The van der Waals surface area contributed by atoms with Gasteiger partial charge in [0.05, 0.1) is 0 Å². The standard InChI is InChI=1S/C27H30N2O3/c1-4-17(2)18-5-10-21(11-6-18)29(3)27(32)20-9-14-25-24(15-20)23(16-26(31)28-25)19-7-12-22(30)13-8-19/h5-6,9-11,14-17,19H,4,7-8,12-13H2,1-3H3,(H,28,31). The maximum atomic E-state index is 13.3. The zero-order chi connectivity index (χ0) is 22.8. The van der Waals surface area contributed by atoms with Crippen LogP contribution in [0.2, 0.25) is 0 Å². The lowest BCUT2D eigenvalue weighted by Crippen LogP contribution is -2.26. The number of H-pyrrole nitrogens is 1. The van der Waals surface area contributed by atoms with Crippen molar-refractivity contribution in [3.8, 4) is 0 Å². The van der Waals surface area contributed by atoms with Crippen LogP contribution in [0, 0.1) is 0 Å². The molecule has 0 radical (unpaired) electrons. The highest BCUT2D eigenvalue weighted by Gasteiger charge is 2.23. The van der Waals surface area contributed by atoms with Crippen LogP contribution in [-0.2, 0) is 4.79 Å². The molecule has 0 bridgehead atoms. The van der Waals surface area contributed by atoms with Crippen LogP contribution in [0.5, 0.6) is 0 Å². The second-order valence-corrected chi connectivity index (χ2v) is 8.93. The van der Waals surface area contributed by atoms with Crippen molar-refractivity contribution in [3.05, 3.63) is 75.6 Å². The number of hydrogen-bond donors (Lipinski definition) is 1. The SMILES string of the molecule is CCC(C)c1ccc(N(C)C(=O)c2ccc3[nH]c(=O)cc(C4CCC(=O)CC4)c3c2)cc1. The van der Waals surface area contributed by atoms with Crippen LogP contribution in [0.15, 0.2) is 53.3 Å². The summed E-state index contributed by atoms with van der Waals surface area (Å²) in [5.74, 6) is 0.835. The quantitative estimate of drug-likeness (QED) is 0.577. The first-order chi connectivity index (χ1) is 15.4. The van der Waals surface area contributed by atoms with Crippen LogP contribution in [0.4, 0.5) is 5.69 Å². The number of anilines is 1. The molecule has 3 aromatic rings. The van der Waals surface area contributed by atoms with Crippen LogP contribution >= 0.6 is 0 Å². The Kier molecular flexibility index (Phi) is 6.26. The highest BCUT2D eigenvalue weighted by Crippen LogP contribution is 2.34. The molecule has 1 N–H and O–H groups in total. The molecule has 2 aromatic carbocycles. The minimum atomic E-state index is -0.151. The number of ketones is 1. The van der Waals surface area contributed by atoms with E-state index in [-0.39, 0.29) is 23.2 Å². The molecule has 0 saturated heterocycles. The molecule has 1 unspecified atom stereocenters. The van der Waals surface area contributed by atoms with Crippen molar-refractivity contribution in [3.63, 3.8) is 0 Å². The van der Waals surface area contributed by atoms with Gasteiger partial charge in [-0.3, -0.25) is 14.4 Å². The molecule has 1 aromatic heterocycles. The third kappa shape index (κ3) is 4.38. The predicted octanol–water partition coefficient (Wildman–Crippen LogP) is 5.54. The van der Waals surface area contributed by atoms with E-state index in [1.54, 1.807) is 30.1 Å². The summed E-state index contributed by atoms with van der Waals surface area (Å²) in [4.78, 5) is 41.7. The fraction of sp³-hybridized carbons (Fsp3) is 0.370. The number of benzene rings is 2. The Bertz CT molecular complexity index is 1200. The predicted molar refractivity (Wildman–Crippen MR) is 129 cm³/mol. The Morgan fingerprint density at radius 1 is 1.06 bits per heavy atom. The number of pyridine rings is 1. The molecule has 32 heavy (non-hydrogen) atoms. The van der Waals surface area contributed by atoms with Gasteiger partial charge in [-0.2, -0.15) is 0 Å². The highest BCUT2D eigenvalue weighted by molar-refractivity contribution is 6.07. The number of amides is 1. The van der Waals surface area contributed by atoms with Gasteiger partial charge < -0.3 is 9.88 Å². The lowest BCUT2D eigenvalue weighted by molar-refractivity contribution is -0.120. The minimum Gasteiger partial charge on any atom is -0.322 e. The third-order valence-electron chi connectivity index (χ3n) is 6.87. The van der Waals surface area contributed by atoms with Crippen molar-refractivity contribution in [1.29, 1.82) is 0 Å². The summed E-state index contributed by atoms with van der Waals surface area (Å²) in [7, 11) is 1.78. The van der Waals surface area contributed by atoms with Crippen molar-refractivity contribution in [1.82, 2.24) is 4.98 Å². The van der Waals surface area contributed by atoms with Gasteiger partial charge in [0.25, 0.3) is 5.91 Å². The highest BCUT2D eigenvalue weighted by atomic mass is 16.2. The summed E-state index contributed by atoms with van der Waals surface area (Å²) in [5.41, 5.74) is 4.19. The first-order valence-corrected chi connectivity index (χ1v) is 11.4. The average molecular weight is 431 g/mol. The Labute approximate surface area is 188 Å². The number of fused-ring (bicyclic) bond motifs is 1. The Balaban J connectivity index is 1.66. The van der Waals surface area contributed by atoms with Crippen molar-refractivity contribution in [2.75, 3.05) is 11.9 Å². The fourth-order valence-corrected chi connectivity index (χ4v) is 4.57. The van der Waals surface area contributed by atoms with Gasteiger partial charge in [0, 0.05) is 48.1 Å². The first-order valence-electron chi connectivity index (χ1n) is 11.4. The number of aromatic amines is 1. The van der Waals surface area contributed by atoms with E-state index < -0.39 is 0 Å². The molecule has 1 aliphatic rings. The van der Waals surface area contributed by atoms with E-state index in [0.29, 0.717) is 24.3 Å². The van der Waals surface area contributed by atoms with Gasteiger partial charge in [-0.05, 0) is 72.6 Å². The number of aromatic nitrogens is 1. The molecule has 1 amide bonds. The summed E-state index contributed by atoms with van der Waals surface area (Å²) in [6.07, 6.45) is 3.67. The minimum absolute atomic E-state index is 0.0980. The normalized spacial score (nSPS) is 15.7. The Morgan fingerprint density at radius 2 is 1.75 bits per heavy atom. The number of nitrogens with zero attached hydrogens (tertiary/aromatic N) is 1. The largest absolute Gasteiger partial charge is 0.322 e. The molecule has 1 aliphatic carbocycles. The molecular weight excluding hydrogens is 400 g/mol. The zero-order valence-electron chi connectivity index (χ0n) is 19.0. The summed E-state index contributed by atoms with van der Waals surface area (Å²) < 4.78 is 0. The van der Waals surface area contributed by atoms with Crippen molar-refractivity contribution >= 4 is 28.3 Å². The Hall–Kier alpha value is -3.21. The van der Waals surface area contributed by atoms with E-state index in [4.69, 9.17) is 0 Å². The van der Waals surface area contributed by atoms with E-state index in [1.165, 1.54) is 5.56 Å². The van der Waals surface area contributed by atoms with E-state index >= 15 is 0 Å². The van der Waals surface area contributed by atoms with Gasteiger partial charge in [-0.15, -0.1) is 0 Å². The monoisotopic (exact) mass is 430 g/mol. The molecule has 5 nitrogen and oxygen atoms in total. The van der Waals surface area contributed by atoms with Crippen molar-refractivity contribution in [2.24, 2.45) is 0 Å². The van der Waals surface area contributed by atoms with Gasteiger partial charge in [0.15, 0.2) is 0 Å². The number of carbonyl (C=O) groups is 2. The van der Waals surface area contributed by atoms with E-state index in [1.807, 2.05) is 18.2 Å². The summed E-state index contributed by atoms with van der Waals surface area (Å²) in [5, 5.41) is 0.885. The number of rotatable bonds is 5. The van der Waals surface area contributed by atoms with Crippen molar-refractivity contribution < 1.29 is 9.59 Å². The lowest BCUT2D eigenvalue weighted by atomic mass is 9.82. The smallest absolute Gasteiger partial charge is 0.258 e. The molecule has 4 rings (SSSR count). The van der Waals surface area contributed by atoms with E-state index in [2.05, 4.69) is 31.0 Å².